The second-order valence-corrected chi connectivity index (χ2v) is 3.44. The van der Waals surface area contributed by atoms with Crippen LogP contribution >= 0.6 is 0 Å². The number of benzene rings is 1. The van der Waals surface area contributed by atoms with Gasteiger partial charge in [0, 0.05) is 0 Å². The zero-order chi connectivity index (χ0) is 10.2. The van der Waals surface area contributed by atoms with Gasteiger partial charge in [0.2, 0.25) is 0 Å². The lowest BCUT2D eigenvalue weighted by Crippen LogP contribution is -2.13. The summed E-state index contributed by atoms with van der Waals surface area (Å²) in [4.78, 5) is 0. The first kappa shape index (κ1) is 11.2. The van der Waals surface area contributed by atoms with Crippen molar-refractivity contribution in [3.8, 4) is 0 Å². The minimum Gasteiger partial charge on any atom is -0.317 e. The Balaban J connectivity index is 2.18. The van der Waals surface area contributed by atoms with E-state index >= 15 is 0 Å². The Morgan fingerprint density at radius 1 is 1.29 bits per heavy atom. The highest BCUT2D eigenvalue weighted by molar-refractivity contribution is 5.16. The minimum absolute atomic E-state index is 0.130. The molecule has 0 aliphatic heterocycles. The maximum absolute atomic E-state index is 12.8. The van der Waals surface area contributed by atoms with Crippen molar-refractivity contribution in [3.05, 3.63) is 35.6 Å². The number of rotatable bonds is 6. The molecule has 0 bridgehead atoms. The van der Waals surface area contributed by atoms with Gasteiger partial charge in [0.15, 0.2) is 0 Å². The topological polar surface area (TPSA) is 12.0 Å². The maximum atomic E-state index is 12.8. The lowest BCUT2D eigenvalue weighted by atomic mass is 10.1. The number of hydrogen-bond acceptors (Lipinski definition) is 1. The van der Waals surface area contributed by atoms with Gasteiger partial charge in [0.25, 0.3) is 0 Å². The first-order valence-electron chi connectivity index (χ1n) is 5.28. The number of unbranched alkanes of at least 4 members (excludes halogenated alkanes) is 1. The fourth-order valence-corrected chi connectivity index (χ4v) is 1.45. The number of halogens is 1. The van der Waals surface area contributed by atoms with Crippen LogP contribution in [-0.2, 0) is 6.42 Å². The van der Waals surface area contributed by atoms with Crippen LogP contribution in [0.15, 0.2) is 24.3 Å². The van der Waals surface area contributed by atoms with Crippen LogP contribution in [0, 0.1) is 5.82 Å². The standard InChI is InChI=1S/C12H18FN/c1-2-14-9-4-3-6-11-7-5-8-12(13)10-11/h5,7-8,10,14H,2-4,6,9H2,1H3. The second kappa shape index (κ2) is 6.55. The van der Waals surface area contributed by atoms with Crippen molar-refractivity contribution in [1.29, 1.82) is 0 Å². The van der Waals surface area contributed by atoms with Crippen LogP contribution in [0.2, 0.25) is 0 Å². The Morgan fingerprint density at radius 2 is 2.14 bits per heavy atom. The Bertz CT molecular complexity index is 260. The van der Waals surface area contributed by atoms with Crippen molar-refractivity contribution in [1.82, 2.24) is 5.32 Å². The summed E-state index contributed by atoms with van der Waals surface area (Å²) >= 11 is 0. The monoisotopic (exact) mass is 195 g/mol. The third kappa shape index (κ3) is 4.38. The van der Waals surface area contributed by atoms with Crippen LogP contribution in [0.4, 0.5) is 4.39 Å². The van der Waals surface area contributed by atoms with E-state index in [-0.39, 0.29) is 5.82 Å². The number of hydrogen-bond donors (Lipinski definition) is 1. The van der Waals surface area contributed by atoms with E-state index < -0.39 is 0 Å². The van der Waals surface area contributed by atoms with E-state index in [2.05, 4.69) is 12.2 Å². The summed E-state index contributed by atoms with van der Waals surface area (Å²) in [5, 5.41) is 3.27. The molecule has 0 spiro atoms. The minimum atomic E-state index is -0.130. The largest absolute Gasteiger partial charge is 0.317 e. The van der Waals surface area contributed by atoms with Crippen molar-refractivity contribution in [2.75, 3.05) is 13.1 Å². The van der Waals surface area contributed by atoms with Crippen molar-refractivity contribution in [2.45, 2.75) is 26.2 Å². The van der Waals surface area contributed by atoms with E-state index in [0.29, 0.717) is 0 Å². The highest BCUT2D eigenvalue weighted by atomic mass is 19.1. The van der Waals surface area contributed by atoms with Crippen LogP contribution in [0.5, 0.6) is 0 Å². The van der Waals surface area contributed by atoms with Gasteiger partial charge in [0.05, 0.1) is 0 Å². The lowest BCUT2D eigenvalue weighted by Gasteiger charge is -2.02. The summed E-state index contributed by atoms with van der Waals surface area (Å²) in [5.41, 5.74) is 1.10. The molecule has 0 aromatic heterocycles. The molecular formula is C12H18FN. The van der Waals surface area contributed by atoms with Gasteiger partial charge in [-0.1, -0.05) is 19.1 Å². The maximum Gasteiger partial charge on any atom is 0.123 e. The van der Waals surface area contributed by atoms with Gasteiger partial charge in [-0.2, -0.15) is 0 Å². The molecule has 1 rings (SSSR count). The third-order valence-electron chi connectivity index (χ3n) is 2.21. The fourth-order valence-electron chi connectivity index (χ4n) is 1.45. The Kier molecular flexibility index (Phi) is 5.23. The van der Waals surface area contributed by atoms with Crippen LogP contribution < -0.4 is 5.32 Å². The van der Waals surface area contributed by atoms with Crippen molar-refractivity contribution in [2.24, 2.45) is 0 Å². The van der Waals surface area contributed by atoms with Gasteiger partial charge >= 0.3 is 0 Å². The molecule has 0 radical (unpaired) electrons. The smallest absolute Gasteiger partial charge is 0.123 e. The van der Waals surface area contributed by atoms with Gasteiger partial charge in [-0.15, -0.1) is 0 Å². The zero-order valence-corrected chi connectivity index (χ0v) is 8.72. The first-order chi connectivity index (χ1) is 6.83. The second-order valence-electron chi connectivity index (χ2n) is 3.44. The predicted molar refractivity (Wildman–Crippen MR) is 57.9 cm³/mol. The molecule has 78 valence electrons. The molecule has 1 aromatic rings. The molecule has 1 aromatic carbocycles. The normalized spacial score (nSPS) is 10.4. The molecule has 0 heterocycles. The SMILES string of the molecule is CCNCCCCc1cccc(F)c1. The average molecular weight is 195 g/mol. The van der Waals surface area contributed by atoms with Crippen molar-refractivity contribution < 1.29 is 4.39 Å². The van der Waals surface area contributed by atoms with Gasteiger partial charge in [0.1, 0.15) is 5.82 Å². The molecular weight excluding hydrogens is 177 g/mol. The summed E-state index contributed by atoms with van der Waals surface area (Å²) in [7, 11) is 0. The van der Waals surface area contributed by atoms with Gasteiger partial charge in [-0.3, -0.25) is 0 Å². The zero-order valence-electron chi connectivity index (χ0n) is 8.72. The first-order valence-corrected chi connectivity index (χ1v) is 5.28. The fraction of sp³-hybridized carbons (Fsp3) is 0.500. The van der Waals surface area contributed by atoms with Gasteiger partial charge in [-0.05, 0) is 50.0 Å². The molecule has 0 saturated heterocycles. The number of nitrogens with one attached hydrogen (secondary N) is 1. The van der Waals surface area contributed by atoms with E-state index in [1.807, 2.05) is 6.07 Å². The number of aryl methyl sites for hydroxylation is 1. The third-order valence-corrected chi connectivity index (χ3v) is 2.21. The van der Waals surface area contributed by atoms with E-state index in [1.165, 1.54) is 6.07 Å². The molecule has 14 heavy (non-hydrogen) atoms. The molecule has 2 heteroatoms. The Morgan fingerprint density at radius 3 is 2.86 bits per heavy atom. The molecule has 0 fully saturated rings. The molecule has 0 aliphatic carbocycles. The molecule has 0 unspecified atom stereocenters. The molecule has 1 nitrogen and oxygen atoms in total. The molecule has 1 N–H and O–H groups in total. The quantitative estimate of drug-likeness (QED) is 0.688. The van der Waals surface area contributed by atoms with Crippen LogP contribution in [-0.4, -0.2) is 13.1 Å². The summed E-state index contributed by atoms with van der Waals surface area (Å²) in [5.74, 6) is -0.130. The van der Waals surface area contributed by atoms with Gasteiger partial charge in [-0.25, -0.2) is 4.39 Å². The van der Waals surface area contributed by atoms with Crippen molar-refractivity contribution in [3.63, 3.8) is 0 Å². The molecule has 0 atom stereocenters. The molecule has 0 amide bonds. The van der Waals surface area contributed by atoms with Gasteiger partial charge < -0.3 is 5.32 Å². The van der Waals surface area contributed by atoms with Crippen LogP contribution in [0.25, 0.3) is 0 Å². The van der Waals surface area contributed by atoms with E-state index in [1.54, 1.807) is 12.1 Å². The predicted octanol–water partition coefficient (Wildman–Crippen LogP) is 2.76. The summed E-state index contributed by atoms with van der Waals surface area (Å²) < 4.78 is 12.8. The summed E-state index contributed by atoms with van der Waals surface area (Å²) in [6, 6.07) is 6.86. The summed E-state index contributed by atoms with van der Waals surface area (Å²) in [6.45, 7) is 4.19. The van der Waals surface area contributed by atoms with Crippen LogP contribution in [0.3, 0.4) is 0 Å². The van der Waals surface area contributed by atoms with Crippen molar-refractivity contribution >= 4 is 0 Å². The van der Waals surface area contributed by atoms with Crippen LogP contribution in [0.1, 0.15) is 25.3 Å². The molecule has 0 aliphatic rings. The lowest BCUT2D eigenvalue weighted by molar-refractivity contribution is 0.618. The molecule has 0 saturated carbocycles. The highest BCUT2D eigenvalue weighted by Crippen LogP contribution is 2.06. The Labute approximate surface area is 85.3 Å². The summed E-state index contributed by atoms with van der Waals surface area (Å²) in [6.07, 6.45) is 3.25. The highest BCUT2D eigenvalue weighted by Gasteiger charge is 1.94. The average Bonchev–Trinajstić information content (AvgIpc) is 2.18. The van der Waals surface area contributed by atoms with E-state index in [9.17, 15) is 4.39 Å². The van der Waals surface area contributed by atoms with E-state index in [0.717, 1.165) is 37.9 Å². The Hall–Kier alpha value is -0.890. The van der Waals surface area contributed by atoms with E-state index in [4.69, 9.17) is 0 Å².